The van der Waals surface area contributed by atoms with Crippen molar-refractivity contribution in [2.45, 2.75) is 31.6 Å². The normalized spacial score (nSPS) is 23.3. The second-order valence-corrected chi connectivity index (χ2v) is 5.09. The van der Waals surface area contributed by atoms with Crippen LogP contribution in [0.5, 0.6) is 0 Å². The van der Waals surface area contributed by atoms with Crippen LogP contribution in [0.25, 0.3) is 0 Å². The highest BCUT2D eigenvalue weighted by Gasteiger charge is 2.29. The molecule has 112 valence electrons. The molecule has 1 aliphatic heterocycles. The molecule has 0 radical (unpaired) electrons. The fourth-order valence-electron chi connectivity index (χ4n) is 2.51. The van der Waals surface area contributed by atoms with E-state index in [9.17, 15) is 5.11 Å². The number of hydrogen-bond donors (Lipinski definition) is 2. The molecule has 3 rings (SSSR count). The summed E-state index contributed by atoms with van der Waals surface area (Å²) in [6, 6.07) is 9.74. The van der Waals surface area contributed by atoms with Crippen LogP contribution < -0.4 is 5.32 Å². The van der Waals surface area contributed by atoms with Gasteiger partial charge in [-0.05, 0) is 18.9 Å². The highest BCUT2D eigenvalue weighted by molar-refractivity contribution is 5.22. The molecule has 2 heterocycles. The fraction of sp³-hybridized carbons (Fsp3) is 0.467. The Morgan fingerprint density at radius 1 is 1.43 bits per heavy atom. The predicted octanol–water partition coefficient (Wildman–Crippen LogP) is 1.59. The zero-order valence-corrected chi connectivity index (χ0v) is 11.9. The molecule has 0 saturated carbocycles. The van der Waals surface area contributed by atoms with Gasteiger partial charge in [-0.1, -0.05) is 35.5 Å². The van der Waals surface area contributed by atoms with Crippen LogP contribution in [0.3, 0.4) is 0 Å². The lowest BCUT2D eigenvalue weighted by atomic mass is 10.1. The molecule has 2 aromatic rings. The van der Waals surface area contributed by atoms with Crippen molar-refractivity contribution in [3.8, 4) is 0 Å². The monoisotopic (exact) mass is 289 g/mol. The van der Waals surface area contributed by atoms with Crippen molar-refractivity contribution in [2.24, 2.45) is 0 Å². The molecule has 1 aliphatic rings. The summed E-state index contributed by atoms with van der Waals surface area (Å²) in [6.45, 7) is 3.05. The molecule has 0 spiro atoms. The lowest BCUT2D eigenvalue weighted by molar-refractivity contribution is 0.0833. The predicted molar refractivity (Wildman–Crippen MR) is 75.6 cm³/mol. The zero-order chi connectivity index (χ0) is 14.7. The summed E-state index contributed by atoms with van der Waals surface area (Å²) in [7, 11) is 0. The summed E-state index contributed by atoms with van der Waals surface area (Å²) in [5.41, 5.74) is 0.992. The third kappa shape index (κ3) is 3.12. The van der Waals surface area contributed by atoms with Gasteiger partial charge in [0.1, 0.15) is 6.10 Å². The molecule has 21 heavy (non-hydrogen) atoms. The molecule has 2 N–H and O–H groups in total. The Bertz CT molecular complexity index is 573. The minimum atomic E-state index is -0.359. The number of nitrogens with one attached hydrogen (secondary N) is 1. The highest BCUT2D eigenvalue weighted by atomic mass is 16.5. The van der Waals surface area contributed by atoms with Gasteiger partial charge < -0.3 is 19.7 Å². The number of ether oxygens (including phenoxy) is 1. The van der Waals surface area contributed by atoms with Crippen molar-refractivity contribution in [3.05, 3.63) is 47.6 Å². The van der Waals surface area contributed by atoms with Crippen LogP contribution in [0, 0.1) is 0 Å². The molecule has 0 bridgehead atoms. The lowest BCUT2D eigenvalue weighted by Gasteiger charge is -2.13. The Kier molecular flexibility index (Phi) is 4.28. The van der Waals surface area contributed by atoms with Gasteiger partial charge in [0.2, 0.25) is 11.7 Å². The van der Waals surface area contributed by atoms with Gasteiger partial charge >= 0.3 is 0 Å². The topological polar surface area (TPSA) is 80.4 Å². The van der Waals surface area contributed by atoms with Crippen molar-refractivity contribution < 1.29 is 14.4 Å². The molecule has 1 aromatic carbocycles. The quantitative estimate of drug-likeness (QED) is 0.870. The summed E-state index contributed by atoms with van der Waals surface area (Å²) in [5, 5.41) is 16.8. The third-order valence-electron chi connectivity index (χ3n) is 3.53. The number of aliphatic hydroxyl groups is 1. The van der Waals surface area contributed by atoms with Crippen molar-refractivity contribution in [1.82, 2.24) is 15.5 Å². The van der Waals surface area contributed by atoms with Crippen LogP contribution in [-0.4, -0.2) is 34.5 Å². The minimum absolute atomic E-state index is 0.0840. The highest BCUT2D eigenvalue weighted by Crippen LogP contribution is 2.27. The van der Waals surface area contributed by atoms with E-state index in [-0.39, 0.29) is 18.2 Å². The van der Waals surface area contributed by atoms with E-state index in [1.165, 1.54) is 0 Å². The molecule has 0 aliphatic carbocycles. The van der Waals surface area contributed by atoms with Crippen LogP contribution in [0.4, 0.5) is 0 Å². The number of rotatable bonds is 5. The maximum atomic E-state index is 9.56. The van der Waals surface area contributed by atoms with Gasteiger partial charge in [-0.3, -0.25) is 0 Å². The molecule has 6 nitrogen and oxygen atoms in total. The van der Waals surface area contributed by atoms with Crippen LogP contribution in [-0.2, 0) is 4.74 Å². The molecule has 1 saturated heterocycles. The summed E-state index contributed by atoms with van der Waals surface area (Å²) in [6.07, 6.45) is -0.103. The average molecular weight is 289 g/mol. The summed E-state index contributed by atoms with van der Waals surface area (Å²) in [4.78, 5) is 4.45. The van der Waals surface area contributed by atoms with E-state index in [2.05, 4.69) is 15.5 Å². The summed E-state index contributed by atoms with van der Waals surface area (Å²) < 4.78 is 11.1. The first-order valence-corrected chi connectivity index (χ1v) is 7.19. The first kappa shape index (κ1) is 14.2. The second-order valence-electron chi connectivity index (χ2n) is 5.09. The Hall–Kier alpha value is -1.76. The zero-order valence-electron chi connectivity index (χ0n) is 11.9. The third-order valence-corrected chi connectivity index (χ3v) is 3.53. The van der Waals surface area contributed by atoms with Gasteiger partial charge in [-0.2, -0.15) is 4.98 Å². The van der Waals surface area contributed by atoms with Gasteiger partial charge in [0.25, 0.3) is 0 Å². The van der Waals surface area contributed by atoms with Crippen molar-refractivity contribution in [3.63, 3.8) is 0 Å². The van der Waals surface area contributed by atoms with Crippen LogP contribution in [0.1, 0.15) is 42.8 Å². The first-order valence-electron chi connectivity index (χ1n) is 7.19. The van der Waals surface area contributed by atoms with Crippen molar-refractivity contribution >= 4 is 0 Å². The SMILES string of the molecule is CCOC(c1ccccc1)c1noc(C2CC(O)CN2)n1. The molecule has 3 atom stereocenters. The molecule has 1 fully saturated rings. The Labute approximate surface area is 123 Å². The van der Waals surface area contributed by atoms with E-state index < -0.39 is 0 Å². The van der Waals surface area contributed by atoms with Gasteiger partial charge in [0.05, 0.1) is 12.1 Å². The van der Waals surface area contributed by atoms with Gasteiger partial charge in [0.15, 0.2) is 0 Å². The smallest absolute Gasteiger partial charge is 0.243 e. The summed E-state index contributed by atoms with van der Waals surface area (Å²) >= 11 is 0. The molecular weight excluding hydrogens is 270 g/mol. The Morgan fingerprint density at radius 3 is 2.90 bits per heavy atom. The lowest BCUT2D eigenvalue weighted by Crippen LogP contribution is -2.15. The van der Waals surface area contributed by atoms with Gasteiger partial charge in [-0.15, -0.1) is 0 Å². The largest absolute Gasteiger partial charge is 0.392 e. The van der Waals surface area contributed by atoms with Crippen molar-refractivity contribution in [2.75, 3.05) is 13.2 Å². The van der Waals surface area contributed by atoms with Crippen LogP contribution in [0.2, 0.25) is 0 Å². The van der Waals surface area contributed by atoms with E-state index in [1.54, 1.807) is 0 Å². The molecule has 0 amide bonds. The maximum absolute atomic E-state index is 9.56. The maximum Gasteiger partial charge on any atom is 0.243 e. The van der Waals surface area contributed by atoms with E-state index in [0.29, 0.717) is 31.3 Å². The molecule has 1 aromatic heterocycles. The van der Waals surface area contributed by atoms with Gasteiger partial charge in [-0.25, -0.2) is 0 Å². The molecule has 3 unspecified atom stereocenters. The number of nitrogens with zero attached hydrogens (tertiary/aromatic N) is 2. The number of benzene rings is 1. The molecular formula is C15H19N3O3. The Balaban J connectivity index is 1.82. The van der Waals surface area contributed by atoms with E-state index in [4.69, 9.17) is 9.26 Å². The number of hydrogen-bond acceptors (Lipinski definition) is 6. The average Bonchev–Trinajstić information content (AvgIpc) is 3.14. The van der Waals surface area contributed by atoms with Crippen molar-refractivity contribution in [1.29, 1.82) is 0 Å². The number of aromatic nitrogens is 2. The van der Waals surface area contributed by atoms with Gasteiger partial charge in [0, 0.05) is 13.2 Å². The standard InChI is InChI=1S/C15H19N3O3/c1-2-20-13(10-6-4-3-5-7-10)14-17-15(21-18-14)12-8-11(19)9-16-12/h3-7,11-13,16,19H,2,8-9H2,1H3. The van der Waals surface area contributed by atoms with Crippen LogP contribution >= 0.6 is 0 Å². The van der Waals surface area contributed by atoms with Crippen LogP contribution in [0.15, 0.2) is 34.9 Å². The number of aliphatic hydroxyl groups excluding tert-OH is 1. The number of β-amino-alcohol motifs (C(OH)–C–C–N with tert-alkyl or cyclic N) is 1. The molecule has 6 heteroatoms. The Morgan fingerprint density at radius 2 is 2.24 bits per heavy atom. The first-order chi connectivity index (χ1) is 10.3. The minimum Gasteiger partial charge on any atom is -0.392 e. The summed E-state index contributed by atoms with van der Waals surface area (Å²) in [5.74, 6) is 1.02. The fourth-order valence-corrected chi connectivity index (χ4v) is 2.51. The van der Waals surface area contributed by atoms with E-state index in [1.807, 2.05) is 37.3 Å². The van der Waals surface area contributed by atoms with E-state index >= 15 is 0 Å². The van der Waals surface area contributed by atoms with E-state index in [0.717, 1.165) is 5.56 Å². The second kappa shape index (κ2) is 6.34.